The Morgan fingerprint density at radius 3 is 2.95 bits per heavy atom. The molecule has 0 saturated heterocycles. The summed E-state index contributed by atoms with van der Waals surface area (Å²) in [6, 6.07) is 3.96. The topological polar surface area (TPSA) is 54.0 Å². The van der Waals surface area contributed by atoms with Gasteiger partial charge in [-0.15, -0.1) is 0 Å². The maximum absolute atomic E-state index is 12.5. The van der Waals surface area contributed by atoms with Crippen LogP contribution in [0.2, 0.25) is 0 Å². The number of nitrogens with zero attached hydrogens (tertiary/aromatic N) is 1. The smallest absolute Gasteiger partial charge is 0.255 e. The number of rotatable bonds is 5. The Hall–Kier alpha value is -1.58. The molecule has 0 spiro atoms. The van der Waals surface area contributed by atoms with Crippen LogP contribution in [0.1, 0.15) is 56.3 Å². The summed E-state index contributed by atoms with van der Waals surface area (Å²) >= 11 is 0. The monoisotopic (exact) mass is 275 g/mol. The van der Waals surface area contributed by atoms with Gasteiger partial charge in [0, 0.05) is 18.8 Å². The van der Waals surface area contributed by atoms with E-state index < -0.39 is 0 Å². The third-order valence-corrected chi connectivity index (χ3v) is 4.02. The van der Waals surface area contributed by atoms with Crippen molar-refractivity contribution in [1.82, 2.24) is 10.3 Å². The molecule has 1 aliphatic rings. The molecule has 1 aromatic heterocycles. The highest BCUT2D eigenvalue weighted by atomic mass is 16.1. The van der Waals surface area contributed by atoms with Crippen molar-refractivity contribution in [2.75, 3.05) is 11.9 Å². The summed E-state index contributed by atoms with van der Waals surface area (Å²) < 4.78 is 0. The van der Waals surface area contributed by atoms with Crippen LogP contribution in [0.15, 0.2) is 18.3 Å². The molecule has 2 unspecified atom stereocenters. The first-order valence-corrected chi connectivity index (χ1v) is 7.72. The second-order valence-electron chi connectivity index (χ2n) is 5.67. The Morgan fingerprint density at radius 2 is 2.20 bits per heavy atom. The minimum Gasteiger partial charge on any atom is -0.369 e. The van der Waals surface area contributed by atoms with Crippen molar-refractivity contribution in [2.24, 2.45) is 5.92 Å². The van der Waals surface area contributed by atoms with Gasteiger partial charge in [-0.25, -0.2) is 4.98 Å². The Labute approximate surface area is 121 Å². The molecule has 4 heteroatoms. The van der Waals surface area contributed by atoms with Crippen LogP contribution < -0.4 is 10.6 Å². The minimum absolute atomic E-state index is 0.00421. The Morgan fingerprint density at radius 1 is 1.40 bits per heavy atom. The molecule has 20 heavy (non-hydrogen) atoms. The van der Waals surface area contributed by atoms with E-state index in [1.165, 1.54) is 19.3 Å². The molecule has 2 rings (SSSR count). The summed E-state index contributed by atoms with van der Waals surface area (Å²) in [5.74, 6) is 1.25. The number of aromatic nitrogens is 1. The molecule has 0 radical (unpaired) electrons. The predicted molar refractivity (Wildman–Crippen MR) is 81.9 cm³/mol. The molecule has 0 aliphatic heterocycles. The molecule has 4 nitrogen and oxygen atoms in total. The van der Waals surface area contributed by atoms with Crippen LogP contribution in [0.25, 0.3) is 0 Å². The van der Waals surface area contributed by atoms with Crippen LogP contribution >= 0.6 is 0 Å². The van der Waals surface area contributed by atoms with Crippen molar-refractivity contribution in [1.29, 1.82) is 0 Å². The molecule has 2 atom stereocenters. The number of carbonyl (C=O) groups is 1. The van der Waals surface area contributed by atoms with Gasteiger partial charge in [0.05, 0.1) is 5.56 Å². The van der Waals surface area contributed by atoms with E-state index in [9.17, 15) is 4.79 Å². The number of anilines is 1. The number of hydrogen-bond donors (Lipinski definition) is 2. The van der Waals surface area contributed by atoms with Crippen LogP contribution in [-0.2, 0) is 0 Å². The fourth-order valence-corrected chi connectivity index (χ4v) is 2.75. The Balaban J connectivity index is 2.04. The van der Waals surface area contributed by atoms with Gasteiger partial charge in [0.1, 0.15) is 5.82 Å². The third kappa shape index (κ3) is 3.71. The lowest BCUT2D eigenvalue weighted by Gasteiger charge is -2.29. The fourth-order valence-electron chi connectivity index (χ4n) is 2.75. The van der Waals surface area contributed by atoms with E-state index in [0.29, 0.717) is 23.3 Å². The molecule has 1 aromatic rings. The number of amides is 1. The van der Waals surface area contributed by atoms with Gasteiger partial charge in [0.15, 0.2) is 0 Å². The van der Waals surface area contributed by atoms with E-state index in [4.69, 9.17) is 0 Å². The Bertz CT molecular complexity index is 447. The van der Waals surface area contributed by atoms with Gasteiger partial charge in [0.2, 0.25) is 0 Å². The molecule has 0 bridgehead atoms. The zero-order valence-corrected chi connectivity index (χ0v) is 12.5. The van der Waals surface area contributed by atoms with E-state index >= 15 is 0 Å². The number of hydrogen-bond acceptors (Lipinski definition) is 3. The molecular formula is C16H25N3O. The lowest BCUT2D eigenvalue weighted by molar-refractivity contribution is 0.0911. The quantitative estimate of drug-likeness (QED) is 0.867. The second kappa shape index (κ2) is 7.27. The van der Waals surface area contributed by atoms with Crippen molar-refractivity contribution in [3.63, 3.8) is 0 Å². The SMILES string of the molecule is CCCNc1ncccc1C(=O)NC1CCCCC1C. The van der Waals surface area contributed by atoms with Crippen LogP contribution in [0.3, 0.4) is 0 Å². The van der Waals surface area contributed by atoms with E-state index in [-0.39, 0.29) is 5.91 Å². The van der Waals surface area contributed by atoms with Gasteiger partial charge in [0.25, 0.3) is 5.91 Å². The summed E-state index contributed by atoms with van der Waals surface area (Å²) in [4.78, 5) is 16.7. The zero-order valence-electron chi connectivity index (χ0n) is 12.5. The fraction of sp³-hybridized carbons (Fsp3) is 0.625. The van der Waals surface area contributed by atoms with Crippen LogP contribution in [-0.4, -0.2) is 23.5 Å². The number of carbonyl (C=O) groups excluding carboxylic acids is 1. The van der Waals surface area contributed by atoms with E-state index in [1.807, 2.05) is 12.1 Å². The first kappa shape index (κ1) is 14.8. The highest BCUT2D eigenvalue weighted by Crippen LogP contribution is 2.24. The van der Waals surface area contributed by atoms with Crippen molar-refractivity contribution >= 4 is 11.7 Å². The van der Waals surface area contributed by atoms with E-state index in [1.54, 1.807) is 6.20 Å². The van der Waals surface area contributed by atoms with Crippen LogP contribution in [0.4, 0.5) is 5.82 Å². The van der Waals surface area contributed by atoms with Crippen molar-refractivity contribution in [2.45, 2.75) is 52.0 Å². The molecule has 1 amide bonds. The maximum atomic E-state index is 12.5. The molecular weight excluding hydrogens is 250 g/mol. The van der Waals surface area contributed by atoms with Crippen LogP contribution in [0, 0.1) is 5.92 Å². The van der Waals surface area contributed by atoms with Crippen molar-refractivity contribution in [3.8, 4) is 0 Å². The number of pyridine rings is 1. The molecule has 0 aromatic carbocycles. The van der Waals surface area contributed by atoms with Crippen molar-refractivity contribution in [3.05, 3.63) is 23.9 Å². The maximum Gasteiger partial charge on any atom is 0.255 e. The van der Waals surface area contributed by atoms with Gasteiger partial charge in [-0.1, -0.05) is 26.7 Å². The number of nitrogens with one attached hydrogen (secondary N) is 2. The molecule has 1 heterocycles. The first-order valence-electron chi connectivity index (χ1n) is 7.72. The predicted octanol–water partition coefficient (Wildman–Crippen LogP) is 3.21. The van der Waals surface area contributed by atoms with Crippen molar-refractivity contribution < 1.29 is 4.79 Å². The molecule has 1 fully saturated rings. The Kier molecular flexibility index (Phi) is 5.39. The largest absolute Gasteiger partial charge is 0.369 e. The van der Waals surface area contributed by atoms with Gasteiger partial charge < -0.3 is 10.6 Å². The zero-order chi connectivity index (χ0) is 14.4. The summed E-state index contributed by atoms with van der Waals surface area (Å²) in [7, 11) is 0. The third-order valence-electron chi connectivity index (χ3n) is 4.02. The second-order valence-corrected chi connectivity index (χ2v) is 5.67. The molecule has 1 saturated carbocycles. The summed E-state index contributed by atoms with van der Waals surface area (Å²) in [5.41, 5.74) is 0.652. The molecule has 1 aliphatic carbocycles. The molecule has 110 valence electrons. The average molecular weight is 275 g/mol. The highest BCUT2D eigenvalue weighted by molar-refractivity contribution is 5.98. The standard InChI is InChI=1S/C16H25N3O/c1-3-10-17-15-13(8-6-11-18-15)16(20)19-14-9-5-4-7-12(14)2/h6,8,11-12,14H,3-5,7,9-10H2,1-2H3,(H,17,18)(H,19,20). The summed E-state index contributed by atoms with van der Waals surface area (Å²) in [6.07, 6.45) is 7.52. The van der Waals surface area contributed by atoms with Gasteiger partial charge in [-0.2, -0.15) is 0 Å². The minimum atomic E-state index is -0.00421. The lowest BCUT2D eigenvalue weighted by Crippen LogP contribution is -2.41. The van der Waals surface area contributed by atoms with E-state index in [2.05, 4.69) is 29.5 Å². The summed E-state index contributed by atoms with van der Waals surface area (Å²) in [5, 5.41) is 6.40. The van der Waals surface area contributed by atoms with E-state index in [0.717, 1.165) is 19.4 Å². The van der Waals surface area contributed by atoms with Crippen LogP contribution in [0.5, 0.6) is 0 Å². The normalized spacial score (nSPS) is 22.3. The molecule has 2 N–H and O–H groups in total. The van der Waals surface area contributed by atoms with Gasteiger partial charge >= 0.3 is 0 Å². The summed E-state index contributed by atoms with van der Waals surface area (Å²) in [6.45, 7) is 5.15. The average Bonchev–Trinajstić information content (AvgIpc) is 2.47. The highest BCUT2D eigenvalue weighted by Gasteiger charge is 2.24. The first-order chi connectivity index (χ1) is 9.72. The lowest BCUT2D eigenvalue weighted by atomic mass is 9.86. The van der Waals surface area contributed by atoms with Gasteiger partial charge in [-0.3, -0.25) is 4.79 Å². The van der Waals surface area contributed by atoms with Gasteiger partial charge in [-0.05, 0) is 37.3 Å².